The second-order valence-corrected chi connectivity index (χ2v) is 12.5. The van der Waals surface area contributed by atoms with Gasteiger partial charge in [-0.05, 0) is 0 Å². The molecule has 4 fully saturated rings. The van der Waals surface area contributed by atoms with E-state index in [9.17, 15) is 66.4 Å². The summed E-state index contributed by atoms with van der Waals surface area (Å²) in [6.07, 6.45) is -28.1. The van der Waals surface area contributed by atoms with E-state index in [1.807, 2.05) is 0 Å². The minimum atomic E-state index is -1.97. The first-order valence-electron chi connectivity index (χ1n) is 14.2. The van der Waals surface area contributed by atoms with Gasteiger partial charge in [0.2, 0.25) is 0 Å². The van der Waals surface area contributed by atoms with Crippen LogP contribution in [0.5, 0.6) is 0 Å². The third-order valence-corrected chi connectivity index (χ3v) is 9.85. The Morgan fingerprint density at radius 2 is 0.956 bits per heavy atom. The van der Waals surface area contributed by atoms with E-state index in [1.165, 1.54) is 0 Å². The fraction of sp³-hybridized carbons (Fsp3) is 1.00. The fourth-order valence-corrected chi connectivity index (χ4v) is 7.08. The first kappa shape index (κ1) is 37.4. The highest BCUT2D eigenvalue weighted by molar-refractivity contribution is 8.00. The van der Waals surface area contributed by atoms with E-state index in [4.69, 9.17) is 34.2 Å². The average molecular weight is 682 g/mol. The summed E-state index contributed by atoms with van der Waals surface area (Å²) in [6.45, 7) is -3.03. The lowest BCUT2D eigenvalue weighted by Gasteiger charge is -2.49. The highest BCUT2D eigenvalue weighted by atomic mass is 32.2. The summed E-state index contributed by atoms with van der Waals surface area (Å²) in [7, 11) is 0. The lowest BCUT2D eigenvalue weighted by atomic mass is 9.95. The van der Waals surface area contributed by atoms with Crippen molar-refractivity contribution in [1.82, 2.24) is 0 Å². The highest BCUT2D eigenvalue weighted by Crippen LogP contribution is 2.39. The molecule has 4 aliphatic heterocycles. The maximum absolute atomic E-state index is 10.9. The number of aliphatic hydroxyl groups is 13. The number of ether oxygens (including phenoxy) is 6. The first-order valence-corrected chi connectivity index (χ1v) is 15.1. The number of hydrogen-bond donors (Lipinski definition) is 14. The smallest absolute Gasteiger partial charge is 0.187 e. The molecule has 15 N–H and O–H groups in total. The Kier molecular flexibility index (Phi) is 13.2. The predicted molar refractivity (Wildman–Crippen MR) is 142 cm³/mol. The van der Waals surface area contributed by atoms with Gasteiger partial charge in [-0.2, -0.15) is 0 Å². The molecule has 45 heavy (non-hydrogen) atoms. The Morgan fingerprint density at radius 3 is 1.49 bits per heavy atom. The number of thioether (sulfide) groups is 1. The van der Waals surface area contributed by atoms with Gasteiger partial charge in [-0.3, -0.25) is 0 Å². The van der Waals surface area contributed by atoms with Crippen molar-refractivity contribution >= 4 is 11.8 Å². The van der Waals surface area contributed by atoms with Crippen molar-refractivity contribution in [2.45, 2.75) is 121 Å². The average Bonchev–Trinajstić information content (AvgIpc) is 3.03. The van der Waals surface area contributed by atoms with E-state index >= 15 is 0 Å². The predicted octanol–water partition coefficient (Wildman–Crippen LogP) is -9.07. The minimum absolute atomic E-state index is 0.642. The van der Waals surface area contributed by atoms with Crippen LogP contribution in [-0.2, 0) is 28.4 Å². The molecule has 20 nitrogen and oxygen atoms in total. The quantitative estimate of drug-likeness (QED) is 0.102. The van der Waals surface area contributed by atoms with Gasteiger partial charge in [0, 0.05) is 0 Å². The van der Waals surface area contributed by atoms with E-state index in [0.29, 0.717) is 11.8 Å². The summed E-state index contributed by atoms with van der Waals surface area (Å²) < 4.78 is 32.9. The van der Waals surface area contributed by atoms with E-state index in [1.54, 1.807) is 0 Å². The van der Waals surface area contributed by atoms with Crippen molar-refractivity contribution in [2.24, 2.45) is 5.73 Å². The Bertz CT molecular complexity index is 922. The van der Waals surface area contributed by atoms with Crippen LogP contribution in [0.15, 0.2) is 0 Å². The molecule has 0 unspecified atom stereocenters. The third kappa shape index (κ3) is 7.59. The normalized spacial score (nSPS) is 52.9. The lowest BCUT2D eigenvalue weighted by molar-refractivity contribution is -0.366. The van der Waals surface area contributed by atoms with Crippen LogP contribution in [0.1, 0.15) is 0 Å². The van der Waals surface area contributed by atoms with Crippen LogP contribution in [0.4, 0.5) is 0 Å². The van der Waals surface area contributed by atoms with Crippen LogP contribution >= 0.6 is 11.8 Å². The molecule has 4 aliphatic rings. The summed E-state index contributed by atoms with van der Waals surface area (Å²) in [5.74, 6) is 0. The second kappa shape index (κ2) is 15.8. The summed E-state index contributed by atoms with van der Waals surface area (Å²) >= 11 is 0.642. The monoisotopic (exact) mass is 681 g/mol. The van der Waals surface area contributed by atoms with Gasteiger partial charge in [-0.1, -0.05) is 0 Å². The molecule has 4 heterocycles. The molecular weight excluding hydrogens is 638 g/mol. The second-order valence-electron chi connectivity index (χ2n) is 11.2. The largest absolute Gasteiger partial charge is 0.394 e. The minimum Gasteiger partial charge on any atom is -0.394 e. The SMILES string of the molecule is N[C@H]1[C@H](O)[C@@H](O)[C@H](O[C@H]2[C@H](O)[C@@H](O)[C@H](O[C@H]3[C@H](O)[C@@H](O)[C@H](S[C@H]4[C@H](O)[C@@H](O)[C@H](O)O[C@@H]4CO)O[C@@H]3CO)O[C@@H]2CO)O[C@@H]1CO. The van der Waals surface area contributed by atoms with Gasteiger partial charge >= 0.3 is 0 Å². The van der Waals surface area contributed by atoms with Crippen molar-refractivity contribution < 1.29 is 94.8 Å². The van der Waals surface area contributed by atoms with Crippen LogP contribution in [0.2, 0.25) is 0 Å². The number of hydrogen-bond acceptors (Lipinski definition) is 21. The molecule has 0 aliphatic carbocycles. The third-order valence-electron chi connectivity index (χ3n) is 8.30. The molecule has 0 bridgehead atoms. The number of nitrogens with two attached hydrogens (primary N) is 1. The maximum atomic E-state index is 10.9. The van der Waals surface area contributed by atoms with Crippen molar-refractivity contribution in [1.29, 1.82) is 0 Å². The first-order chi connectivity index (χ1) is 21.3. The van der Waals surface area contributed by atoms with Gasteiger partial charge in [0.15, 0.2) is 18.9 Å². The topological polar surface area (TPSA) is 344 Å². The van der Waals surface area contributed by atoms with Crippen LogP contribution in [0, 0.1) is 0 Å². The van der Waals surface area contributed by atoms with Crippen LogP contribution in [0.25, 0.3) is 0 Å². The Morgan fingerprint density at radius 1 is 0.489 bits per heavy atom. The molecular formula is C24H43NO19S. The summed E-state index contributed by atoms with van der Waals surface area (Å²) in [5.41, 5.74) is 4.32. The van der Waals surface area contributed by atoms with Crippen molar-refractivity contribution in [3.05, 3.63) is 0 Å². The molecule has 0 aromatic rings. The highest BCUT2D eigenvalue weighted by Gasteiger charge is 2.54. The zero-order valence-electron chi connectivity index (χ0n) is 23.6. The zero-order valence-corrected chi connectivity index (χ0v) is 24.4. The summed E-state index contributed by atoms with van der Waals surface area (Å²) in [5, 5.41) is 132. The molecule has 21 heteroatoms. The van der Waals surface area contributed by atoms with Gasteiger partial charge in [0.05, 0.1) is 49.9 Å². The van der Waals surface area contributed by atoms with E-state index in [2.05, 4.69) is 0 Å². The van der Waals surface area contributed by atoms with Gasteiger partial charge in [-0.15, -0.1) is 11.8 Å². The Hall–Kier alpha value is -0.450. The summed E-state index contributed by atoms with van der Waals surface area (Å²) in [4.78, 5) is 0. The number of rotatable bonds is 10. The van der Waals surface area contributed by atoms with Gasteiger partial charge in [0.1, 0.15) is 78.7 Å². The molecule has 0 spiro atoms. The Balaban J connectivity index is 1.43. The van der Waals surface area contributed by atoms with E-state index in [-0.39, 0.29) is 0 Å². The van der Waals surface area contributed by atoms with Crippen LogP contribution < -0.4 is 5.73 Å². The van der Waals surface area contributed by atoms with Gasteiger partial charge in [-0.25, -0.2) is 0 Å². The Labute approximate surface area is 260 Å². The van der Waals surface area contributed by atoms with Crippen molar-refractivity contribution in [3.63, 3.8) is 0 Å². The van der Waals surface area contributed by atoms with E-state index in [0.717, 1.165) is 0 Å². The maximum Gasteiger partial charge on any atom is 0.187 e. The lowest BCUT2D eigenvalue weighted by Crippen LogP contribution is -2.67. The van der Waals surface area contributed by atoms with E-state index < -0.39 is 147 Å². The van der Waals surface area contributed by atoms with Crippen LogP contribution in [0.3, 0.4) is 0 Å². The standard InChI is InChI=1S/C24H43NO19S/c25-9-5(1-26)40-22(15(35)10(9)30)43-18-6(2-27)41-23(16(36)11(18)31)44-19-7(3-28)42-24(17(37)12(19)32)45-20-8(4-29)39-21(38)14(34)13(20)33/h5-24,26-38H,1-4,25H2/t5-,6-,7-,8-,9-,10+,11-,12-,13-,14-,15-,16-,17-,18-,19-,20-,21-,22+,23+,24+/m1/s1. The molecule has 0 radical (unpaired) electrons. The molecule has 0 amide bonds. The fourth-order valence-electron chi connectivity index (χ4n) is 5.60. The van der Waals surface area contributed by atoms with Gasteiger partial charge in [0.25, 0.3) is 0 Å². The van der Waals surface area contributed by atoms with Crippen LogP contribution in [-0.4, -0.2) is 214 Å². The number of aliphatic hydroxyl groups excluding tert-OH is 13. The summed E-state index contributed by atoms with van der Waals surface area (Å²) in [6, 6.07) is -1.18. The molecule has 0 aromatic carbocycles. The molecule has 4 rings (SSSR count). The molecule has 264 valence electrons. The zero-order chi connectivity index (χ0) is 33.3. The van der Waals surface area contributed by atoms with Gasteiger partial charge < -0.3 is 101 Å². The van der Waals surface area contributed by atoms with Crippen molar-refractivity contribution in [3.8, 4) is 0 Å². The molecule has 0 saturated carbocycles. The molecule has 4 saturated heterocycles. The molecule has 0 aromatic heterocycles. The van der Waals surface area contributed by atoms with Crippen molar-refractivity contribution in [2.75, 3.05) is 26.4 Å². The molecule has 20 atom stereocenters.